The van der Waals surface area contributed by atoms with Gasteiger partial charge in [0, 0.05) is 18.7 Å². The molecule has 1 heterocycles. The van der Waals surface area contributed by atoms with Crippen molar-refractivity contribution in [1.29, 1.82) is 0 Å². The highest BCUT2D eigenvalue weighted by Gasteiger charge is 2.10. The summed E-state index contributed by atoms with van der Waals surface area (Å²) in [6.45, 7) is 0.771. The smallest absolute Gasteiger partial charge is 0.254 e. The summed E-state index contributed by atoms with van der Waals surface area (Å²) in [6, 6.07) is 4.29. The van der Waals surface area contributed by atoms with Crippen molar-refractivity contribution < 1.29 is 19.1 Å². The summed E-state index contributed by atoms with van der Waals surface area (Å²) < 4.78 is 10.3. The average molecular weight is 330 g/mol. The largest absolute Gasteiger partial charge is 0.508 e. The van der Waals surface area contributed by atoms with Crippen LogP contribution in [0.25, 0.3) is 0 Å². The Labute approximate surface area is 131 Å². The number of hydrogen-bond donors (Lipinski definition) is 2. The van der Waals surface area contributed by atoms with E-state index in [0.717, 1.165) is 0 Å². The Morgan fingerprint density at radius 1 is 1.33 bits per heavy atom. The van der Waals surface area contributed by atoms with Gasteiger partial charge in [-0.05, 0) is 12.5 Å². The fraction of sp³-hybridized carbons (Fsp3) is 0.214. The molecule has 21 heavy (non-hydrogen) atoms. The molecule has 2 N–H and O–H groups in total. The number of amides is 1. The van der Waals surface area contributed by atoms with Crippen LogP contribution in [0.1, 0.15) is 16.8 Å². The van der Waals surface area contributed by atoms with E-state index in [4.69, 9.17) is 32.4 Å². The van der Waals surface area contributed by atoms with Crippen LogP contribution in [0.5, 0.6) is 11.5 Å². The molecule has 5 nitrogen and oxygen atoms in total. The zero-order valence-corrected chi connectivity index (χ0v) is 12.4. The number of carbonyl (C=O) groups is 1. The molecule has 0 atom stereocenters. The maximum atomic E-state index is 11.6. The van der Waals surface area contributed by atoms with Crippen molar-refractivity contribution in [1.82, 2.24) is 5.32 Å². The molecule has 0 aliphatic heterocycles. The van der Waals surface area contributed by atoms with Gasteiger partial charge in [0.1, 0.15) is 12.0 Å². The lowest BCUT2D eigenvalue weighted by Crippen LogP contribution is -2.25. The van der Waals surface area contributed by atoms with Gasteiger partial charge in [0.25, 0.3) is 5.91 Å². The van der Waals surface area contributed by atoms with Crippen molar-refractivity contribution in [3.8, 4) is 11.5 Å². The first kappa shape index (κ1) is 15.5. The predicted molar refractivity (Wildman–Crippen MR) is 79.3 cm³/mol. The van der Waals surface area contributed by atoms with E-state index in [-0.39, 0.29) is 21.7 Å². The van der Waals surface area contributed by atoms with Gasteiger partial charge in [0.15, 0.2) is 5.75 Å². The van der Waals surface area contributed by atoms with Crippen molar-refractivity contribution in [2.45, 2.75) is 6.42 Å². The molecule has 2 rings (SSSR count). The Morgan fingerprint density at radius 2 is 2.05 bits per heavy atom. The quantitative estimate of drug-likeness (QED) is 0.796. The Bertz CT molecular complexity index is 590. The third-order valence-electron chi connectivity index (χ3n) is 2.62. The van der Waals surface area contributed by atoms with Crippen molar-refractivity contribution in [2.24, 2.45) is 0 Å². The van der Waals surface area contributed by atoms with Crippen molar-refractivity contribution in [3.63, 3.8) is 0 Å². The molecule has 0 bridgehead atoms. The number of benzene rings is 1. The van der Waals surface area contributed by atoms with Gasteiger partial charge in [0.2, 0.25) is 0 Å². The molecule has 0 radical (unpaired) electrons. The van der Waals surface area contributed by atoms with Crippen LogP contribution >= 0.6 is 23.2 Å². The molecule has 1 aromatic carbocycles. The molecule has 0 saturated heterocycles. The summed E-state index contributed by atoms with van der Waals surface area (Å²) in [5, 5.41) is 12.5. The summed E-state index contributed by atoms with van der Waals surface area (Å²) in [4.78, 5) is 11.6. The van der Waals surface area contributed by atoms with E-state index in [9.17, 15) is 9.90 Å². The summed E-state index contributed by atoms with van der Waals surface area (Å²) >= 11 is 11.8. The Hall–Kier alpha value is -1.85. The number of phenols is 1. The van der Waals surface area contributed by atoms with Crippen molar-refractivity contribution >= 4 is 29.1 Å². The third-order valence-corrected chi connectivity index (χ3v) is 3.18. The third kappa shape index (κ3) is 4.31. The highest BCUT2D eigenvalue weighted by atomic mass is 35.5. The van der Waals surface area contributed by atoms with Crippen LogP contribution in [-0.2, 0) is 0 Å². The molecule has 7 heteroatoms. The zero-order valence-electron chi connectivity index (χ0n) is 10.9. The van der Waals surface area contributed by atoms with Crippen LogP contribution in [-0.4, -0.2) is 24.2 Å². The molecule has 0 aliphatic rings. The number of ether oxygens (including phenoxy) is 1. The molecule has 1 amide bonds. The van der Waals surface area contributed by atoms with E-state index in [2.05, 4.69) is 5.32 Å². The number of furan rings is 1. The molecule has 2 aromatic rings. The monoisotopic (exact) mass is 329 g/mol. The summed E-state index contributed by atoms with van der Waals surface area (Å²) in [5.41, 5.74) is 0.473. The van der Waals surface area contributed by atoms with E-state index in [1.165, 1.54) is 24.7 Å². The molecular formula is C14H13Cl2NO4. The van der Waals surface area contributed by atoms with Gasteiger partial charge in [-0.3, -0.25) is 4.79 Å². The first-order valence-corrected chi connectivity index (χ1v) is 6.94. The zero-order chi connectivity index (χ0) is 15.2. The van der Waals surface area contributed by atoms with Gasteiger partial charge in [-0.25, -0.2) is 0 Å². The second-order valence-electron chi connectivity index (χ2n) is 4.21. The lowest BCUT2D eigenvalue weighted by atomic mass is 10.3. The maximum Gasteiger partial charge on any atom is 0.254 e. The van der Waals surface area contributed by atoms with Crippen LogP contribution in [0.4, 0.5) is 0 Å². The number of hydrogen-bond acceptors (Lipinski definition) is 4. The first-order valence-electron chi connectivity index (χ1n) is 6.19. The highest BCUT2D eigenvalue weighted by molar-refractivity contribution is 6.37. The van der Waals surface area contributed by atoms with Crippen LogP contribution in [0, 0.1) is 0 Å². The fourth-order valence-corrected chi connectivity index (χ4v) is 2.21. The minimum Gasteiger partial charge on any atom is -0.508 e. The van der Waals surface area contributed by atoms with Crippen molar-refractivity contribution in [3.05, 3.63) is 46.3 Å². The Kier molecular flexibility index (Phi) is 5.36. The van der Waals surface area contributed by atoms with E-state index >= 15 is 0 Å². The second kappa shape index (κ2) is 7.24. The minimum atomic E-state index is -0.204. The molecular weight excluding hydrogens is 317 g/mol. The summed E-state index contributed by atoms with van der Waals surface area (Å²) in [6.07, 6.45) is 3.39. The van der Waals surface area contributed by atoms with E-state index in [0.29, 0.717) is 30.9 Å². The summed E-state index contributed by atoms with van der Waals surface area (Å²) in [5.74, 6) is 0.0893. The normalized spacial score (nSPS) is 10.4. The minimum absolute atomic E-state index is 0.0234. The maximum absolute atomic E-state index is 11.6. The first-order chi connectivity index (χ1) is 10.1. The molecule has 0 saturated carbocycles. The van der Waals surface area contributed by atoms with Crippen LogP contribution < -0.4 is 10.1 Å². The molecule has 1 aromatic heterocycles. The van der Waals surface area contributed by atoms with Crippen LogP contribution in [0.3, 0.4) is 0 Å². The molecule has 0 fully saturated rings. The van der Waals surface area contributed by atoms with Gasteiger partial charge >= 0.3 is 0 Å². The van der Waals surface area contributed by atoms with Gasteiger partial charge < -0.3 is 19.6 Å². The van der Waals surface area contributed by atoms with E-state index < -0.39 is 0 Å². The lowest BCUT2D eigenvalue weighted by Gasteiger charge is -2.10. The average Bonchev–Trinajstić information content (AvgIpc) is 2.94. The molecule has 0 aliphatic carbocycles. The SMILES string of the molecule is O=C(NCCCOc1c(Cl)cc(O)cc1Cl)c1ccoc1. The van der Waals surface area contributed by atoms with Gasteiger partial charge in [0.05, 0.1) is 28.5 Å². The summed E-state index contributed by atoms with van der Waals surface area (Å²) in [7, 11) is 0. The van der Waals surface area contributed by atoms with E-state index in [1.54, 1.807) is 6.07 Å². The van der Waals surface area contributed by atoms with Gasteiger partial charge in [-0.15, -0.1) is 0 Å². The predicted octanol–water partition coefficient (Wildman–Crippen LogP) is 3.49. The number of carbonyl (C=O) groups excluding carboxylic acids is 1. The number of phenolic OH excluding ortho intramolecular Hbond substituents is 1. The molecule has 0 spiro atoms. The number of nitrogens with one attached hydrogen (secondary N) is 1. The number of rotatable bonds is 6. The molecule has 0 unspecified atom stereocenters. The van der Waals surface area contributed by atoms with Gasteiger partial charge in [-0.1, -0.05) is 23.2 Å². The van der Waals surface area contributed by atoms with Crippen LogP contribution in [0.15, 0.2) is 35.1 Å². The highest BCUT2D eigenvalue weighted by Crippen LogP contribution is 2.36. The Morgan fingerprint density at radius 3 is 2.67 bits per heavy atom. The van der Waals surface area contributed by atoms with E-state index in [1.807, 2.05) is 0 Å². The lowest BCUT2D eigenvalue weighted by molar-refractivity contribution is 0.0951. The standard InChI is InChI=1S/C14H13Cl2NO4/c15-11-6-10(18)7-12(16)13(11)21-4-1-3-17-14(19)9-2-5-20-8-9/h2,5-8,18H,1,3-4H2,(H,17,19). The Balaban J connectivity index is 1.74. The number of aromatic hydroxyl groups is 1. The van der Waals surface area contributed by atoms with Crippen molar-refractivity contribution in [2.75, 3.05) is 13.2 Å². The topological polar surface area (TPSA) is 71.7 Å². The van der Waals surface area contributed by atoms with Crippen LogP contribution in [0.2, 0.25) is 10.0 Å². The second-order valence-corrected chi connectivity index (χ2v) is 5.02. The number of halogens is 2. The molecule has 112 valence electrons. The van der Waals surface area contributed by atoms with Gasteiger partial charge in [-0.2, -0.15) is 0 Å². The fourth-order valence-electron chi connectivity index (χ4n) is 1.63.